The predicted molar refractivity (Wildman–Crippen MR) is 88.1 cm³/mol. The van der Waals surface area contributed by atoms with Crippen LogP contribution >= 0.6 is 24.0 Å². The van der Waals surface area contributed by atoms with Crippen LogP contribution < -0.4 is 16.2 Å². The summed E-state index contributed by atoms with van der Waals surface area (Å²) in [6.45, 7) is 3.76. The molecule has 4 N–H and O–H groups in total. The van der Waals surface area contributed by atoms with Crippen LogP contribution in [-0.4, -0.2) is 26.3 Å². The number of nitrogens with two attached hydrogens (primary N) is 2. The molecule has 0 bridgehead atoms. The summed E-state index contributed by atoms with van der Waals surface area (Å²) in [6.07, 6.45) is 0.853. The molecule has 1 aromatic rings. The summed E-state index contributed by atoms with van der Waals surface area (Å²) in [4.78, 5) is 4.00. The Bertz CT molecular complexity index is 407. The highest BCUT2D eigenvalue weighted by Gasteiger charge is 2.04. The van der Waals surface area contributed by atoms with Gasteiger partial charge in [0.2, 0.25) is 0 Å². The first-order valence-electron chi connectivity index (χ1n) is 5.90. The van der Waals surface area contributed by atoms with Gasteiger partial charge in [0.05, 0.1) is 13.2 Å². The highest BCUT2D eigenvalue weighted by atomic mass is 127. The van der Waals surface area contributed by atoms with E-state index < -0.39 is 0 Å². The van der Waals surface area contributed by atoms with Crippen molar-refractivity contribution in [2.75, 3.05) is 20.3 Å². The third kappa shape index (κ3) is 7.22. The number of benzene rings is 1. The molecule has 0 unspecified atom stereocenters. The Morgan fingerprint density at radius 1 is 1.26 bits per heavy atom. The molecule has 0 amide bonds. The van der Waals surface area contributed by atoms with E-state index in [0.29, 0.717) is 19.8 Å². The first-order chi connectivity index (χ1) is 8.63. The van der Waals surface area contributed by atoms with E-state index in [1.165, 1.54) is 0 Å². The quantitative estimate of drug-likeness (QED) is 0.328. The zero-order valence-corrected chi connectivity index (χ0v) is 13.7. The first kappa shape index (κ1) is 18.0. The fourth-order valence-electron chi connectivity index (χ4n) is 1.49. The maximum Gasteiger partial charge on any atom is 0.186 e. The van der Waals surface area contributed by atoms with Crippen LogP contribution in [-0.2, 0) is 11.3 Å². The summed E-state index contributed by atoms with van der Waals surface area (Å²) in [5.74, 6) is 0.914. The van der Waals surface area contributed by atoms with Crippen molar-refractivity contribution in [1.82, 2.24) is 0 Å². The fourth-order valence-corrected chi connectivity index (χ4v) is 1.49. The number of aliphatic imine (C=N–C) groups is 1. The number of guanidine groups is 1. The molecule has 0 aromatic heterocycles. The monoisotopic (exact) mass is 379 g/mol. The van der Waals surface area contributed by atoms with Crippen molar-refractivity contribution in [3.8, 4) is 5.75 Å². The van der Waals surface area contributed by atoms with Gasteiger partial charge in [-0.1, -0.05) is 12.1 Å². The topological polar surface area (TPSA) is 82.9 Å². The molecule has 0 heterocycles. The molecule has 0 fully saturated rings. The van der Waals surface area contributed by atoms with Crippen LogP contribution in [0.5, 0.6) is 5.75 Å². The van der Waals surface area contributed by atoms with Gasteiger partial charge < -0.3 is 20.9 Å². The van der Waals surface area contributed by atoms with Gasteiger partial charge in [-0.05, 0) is 18.6 Å². The number of rotatable bonds is 7. The Labute approximate surface area is 131 Å². The lowest BCUT2D eigenvalue weighted by Crippen LogP contribution is -2.22. The highest BCUT2D eigenvalue weighted by molar-refractivity contribution is 14.0. The molecular formula is C13H22IN3O2. The van der Waals surface area contributed by atoms with Gasteiger partial charge in [-0.15, -0.1) is 24.0 Å². The van der Waals surface area contributed by atoms with Crippen molar-refractivity contribution in [2.45, 2.75) is 19.9 Å². The van der Waals surface area contributed by atoms with Crippen molar-refractivity contribution in [3.63, 3.8) is 0 Å². The molecule has 6 heteroatoms. The lowest BCUT2D eigenvalue weighted by Gasteiger charge is -2.11. The second-order valence-corrected chi connectivity index (χ2v) is 4.05. The third-order valence-electron chi connectivity index (χ3n) is 2.41. The summed E-state index contributed by atoms with van der Waals surface area (Å²) >= 11 is 0. The Hall–Kier alpha value is -1.02. The van der Waals surface area contributed by atoms with Gasteiger partial charge in [0.25, 0.3) is 0 Å². The zero-order valence-electron chi connectivity index (χ0n) is 11.4. The van der Waals surface area contributed by atoms with Crippen LogP contribution in [0.4, 0.5) is 0 Å². The minimum Gasteiger partial charge on any atom is -0.493 e. The van der Waals surface area contributed by atoms with Crippen LogP contribution in [0, 0.1) is 6.92 Å². The van der Waals surface area contributed by atoms with E-state index in [1.54, 1.807) is 7.11 Å². The van der Waals surface area contributed by atoms with E-state index in [0.717, 1.165) is 23.3 Å². The molecule has 0 radical (unpaired) electrons. The van der Waals surface area contributed by atoms with E-state index in [1.807, 2.05) is 25.1 Å². The second kappa shape index (κ2) is 9.85. The molecule has 0 spiro atoms. The summed E-state index contributed by atoms with van der Waals surface area (Å²) < 4.78 is 10.7. The van der Waals surface area contributed by atoms with E-state index in [4.69, 9.17) is 20.9 Å². The lowest BCUT2D eigenvalue weighted by molar-refractivity contribution is 0.172. The molecular weight excluding hydrogens is 357 g/mol. The second-order valence-electron chi connectivity index (χ2n) is 4.05. The zero-order chi connectivity index (χ0) is 13.4. The van der Waals surface area contributed by atoms with Crippen molar-refractivity contribution in [3.05, 3.63) is 29.3 Å². The predicted octanol–water partition coefficient (Wildman–Crippen LogP) is 1.80. The smallest absolute Gasteiger partial charge is 0.186 e. The van der Waals surface area contributed by atoms with Crippen LogP contribution in [0.15, 0.2) is 23.2 Å². The maximum atomic E-state index is 5.72. The number of methoxy groups -OCH3 is 1. The van der Waals surface area contributed by atoms with Crippen molar-refractivity contribution in [2.24, 2.45) is 16.5 Å². The van der Waals surface area contributed by atoms with E-state index in [-0.39, 0.29) is 29.9 Å². The summed E-state index contributed by atoms with van der Waals surface area (Å²) in [7, 11) is 1.68. The van der Waals surface area contributed by atoms with Gasteiger partial charge in [-0.2, -0.15) is 0 Å². The molecule has 0 aliphatic heterocycles. The number of halogens is 1. The van der Waals surface area contributed by atoms with Gasteiger partial charge >= 0.3 is 0 Å². The van der Waals surface area contributed by atoms with E-state index in [9.17, 15) is 0 Å². The van der Waals surface area contributed by atoms with Crippen LogP contribution in [0.25, 0.3) is 0 Å². The van der Waals surface area contributed by atoms with Gasteiger partial charge in [-0.25, -0.2) is 4.99 Å². The Balaban J connectivity index is 0.00000324. The molecule has 0 aliphatic rings. The highest BCUT2D eigenvalue weighted by Crippen LogP contribution is 2.21. The molecule has 0 saturated carbocycles. The Morgan fingerprint density at radius 3 is 2.63 bits per heavy atom. The van der Waals surface area contributed by atoms with Crippen LogP contribution in [0.1, 0.15) is 17.5 Å². The normalized spacial score (nSPS) is 9.58. The average Bonchev–Trinajstić information content (AvgIpc) is 2.33. The van der Waals surface area contributed by atoms with E-state index >= 15 is 0 Å². The molecule has 0 saturated heterocycles. The summed E-state index contributed by atoms with van der Waals surface area (Å²) in [5, 5.41) is 0. The fraction of sp³-hybridized carbons (Fsp3) is 0.462. The third-order valence-corrected chi connectivity index (χ3v) is 2.41. The number of ether oxygens (including phenoxy) is 2. The molecule has 0 aliphatic carbocycles. The van der Waals surface area contributed by atoms with Gasteiger partial charge in [-0.3, -0.25) is 0 Å². The number of aryl methyl sites for hydroxylation is 1. The number of nitrogens with zero attached hydrogens (tertiary/aromatic N) is 1. The standard InChI is InChI=1S/C13H21N3O2.HI/c1-10-4-5-11(9-16-13(14)15)12(8-10)18-7-3-6-17-2;/h4-5,8H,3,6-7,9H2,1-2H3,(H4,14,15,16);1H. The lowest BCUT2D eigenvalue weighted by atomic mass is 10.1. The van der Waals surface area contributed by atoms with Crippen LogP contribution in [0.3, 0.4) is 0 Å². The first-order valence-corrected chi connectivity index (χ1v) is 5.90. The van der Waals surface area contributed by atoms with Crippen LogP contribution in [0.2, 0.25) is 0 Å². The minimum absolute atomic E-state index is 0. The van der Waals surface area contributed by atoms with Gasteiger partial charge in [0.1, 0.15) is 5.75 Å². The van der Waals surface area contributed by atoms with Gasteiger partial charge in [0.15, 0.2) is 5.96 Å². The van der Waals surface area contributed by atoms with Crippen molar-refractivity contribution < 1.29 is 9.47 Å². The van der Waals surface area contributed by atoms with Gasteiger partial charge in [0, 0.05) is 25.7 Å². The maximum absolute atomic E-state index is 5.72. The molecule has 0 atom stereocenters. The minimum atomic E-state index is 0. The van der Waals surface area contributed by atoms with E-state index in [2.05, 4.69) is 4.99 Å². The Kier molecular flexibility index (Phi) is 9.32. The summed E-state index contributed by atoms with van der Waals surface area (Å²) in [6, 6.07) is 5.98. The summed E-state index contributed by atoms with van der Waals surface area (Å²) in [5.41, 5.74) is 12.8. The number of hydrogen-bond acceptors (Lipinski definition) is 3. The average molecular weight is 379 g/mol. The molecule has 19 heavy (non-hydrogen) atoms. The molecule has 5 nitrogen and oxygen atoms in total. The molecule has 1 rings (SSSR count). The molecule has 108 valence electrons. The molecule has 1 aromatic carbocycles. The largest absolute Gasteiger partial charge is 0.493 e. The SMILES string of the molecule is COCCCOc1cc(C)ccc1CN=C(N)N.I. The Morgan fingerprint density at radius 2 is 2.00 bits per heavy atom. The van der Waals surface area contributed by atoms with Crippen molar-refractivity contribution >= 4 is 29.9 Å². The number of hydrogen-bond donors (Lipinski definition) is 2. The van der Waals surface area contributed by atoms with Crippen molar-refractivity contribution in [1.29, 1.82) is 0 Å².